The fourth-order valence-corrected chi connectivity index (χ4v) is 2.21. The summed E-state index contributed by atoms with van der Waals surface area (Å²) < 4.78 is 5.19. The summed E-state index contributed by atoms with van der Waals surface area (Å²) in [5.74, 6) is -0.409. The third-order valence-electron chi connectivity index (χ3n) is 3.04. The van der Waals surface area contributed by atoms with Gasteiger partial charge in [0.2, 0.25) is 0 Å². The lowest BCUT2D eigenvalue weighted by atomic mass is 10.0. The van der Waals surface area contributed by atoms with E-state index in [0.29, 0.717) is 17.7 Å². The number of nitrogens with zero attached hydrogens (tertiary/aromatic N) is 1. The highest BCUT2D eigenvalue weighted by molar-refractivity contribution is 6.30. The number of pyridine rings is 1. The highest BCUT2D eigenvalue weighted by atomic mass is 35.5. The van der Waals surface area contributed by atoms with Crippen LogP contribution in [-0.4, -0.2) is 30.1 Å². The summed E-state index contributed by atoms with van der Waals surface area (Å²) in [4.78, 5) is 15.6. The average Bonchev–Trinajstić information content (AvgIpc) is 2.40. The quantitative estimate of drug-likeness (QED) is 0.869. The second kappa shape index (κ2) is 8.35. The van der Waals surface area contributed by atoms with Gasteiger partial charge >= 0.3 is 5.97 Å². The number of hydrogen-bond donors (Lipinski definition) is 1. The van der Waals surface area contributed by atoms with Crippen LogP contribution in [0.25, 0.3) is 0 Å². The number of rotatable bonds is 4. The molecule has 0 aliphatic carbocycles. The summed E-state index contributed by atoms with van der Waals surface area (Å²) in [6, 6.07) is 3.62. The summed E-state index contributed by atoms with van der Waals surface area (Å²) in [6.07, 6.45) is 6.01. The van der Waals surface area contributed by atoms with Crippen LogP contribution in [0.4, 0.5) is 0 Å². The molecule has 1 atom stereocenters. The molecule has 1 N–H and O–H groups in total. The van der Waals surface area contributed by atoms with E-state index in [1.54, 1.807) is 6.07 Å². The molecule has 0 amide bonds. The molecule has 19 heavy (non-hydrogen) atoms. The number of halogens is 2. The van der Waals surface area contributed by atoms with Crippen LogP contribution >= 0.6 is 24.0 Å². The van der Waals surface area contributed by atoms with Gasteiger partial charge in [0.25, 0.3) is 0 Å². The molecular weight excluding hydrogens is 287 g/mol. The Balaban J connectivity index is 0.00000180. The molecule has 1 aromatic heterocycles. The molecule has 4 nitrogen and oxygen atoms in total. The van der Waals surface area contributed by atoms with Crippen molar-refractivity contribution in [2.75, 3.05) is 13.2 Å². The largest absolute Gasteiger partial charge is 0.461 e. The van der Waals surface area contributed by atoms with Gasteiger partial charge in [0.15, 0.2) is 0 Å². The maximum Gasteiger partial charge on any atom is 0.356 e. The van der Waals surface area contributed by atoms with E-state index in [1.165, 1.54) is 25.1 Å². The maximum absolute atomic E-state index is 11.7. The van der Waals surface area contributed by atoms with Crippen molar-refractivity contribution in [1.82, 2.24) is 10.3 Å². The number of hydrogen-bond acceptors (Lipinski definition) is 4. The van der Waals surface area contributed by atoms with Gasteiger partial charge in [0.1, 0.15) is 5.69 Å². The minimum atomic E-state index is -0.409. The Kier molecular flexibility index (Phi) is 7.13. The van der Waals surface area contributed by atoms with Crippen LogP contribution in [0, 0.1) is 0 Å². The van der Waals surface area contributed by atoms with Gasteiger partial charge in [-0.05, 0) is 37.9 Å². The molecule has 1 aliphatic rings. The minimum Gasteiger partial charge on any atom is -0.461 e. The van der Waals surface area contributed by atoms with Gasteiger partial charge in [0.05, 0.1) is 6.61 Å². The third-order valence-corrected chi connectivity index (χ3v) is 3.28. The van der Waals surface area contributed by atoms with E-state index in [0.717, 1.165) is 19.4 Å². The van der Waals surface area contributed by atoms with Gasteiger partial charge in [0, 0.05) is 17.3 Å². The molecule has 106 valence electrons. The molecule has 2 rings (SSSR count). The lowest BCUT2D eigenvalue weighted by molar-refractivity contribution is 0.0479. The van der Waals surface area contributed by atoms with Crippen molar-refractivity contribution in [3.8, 4) is 0 Å². The van der Waals surface area contributed by atoms with Crippen molar-refractivity contribution < 1.29 is 9.53 Å². The van der Waals surface area contributed by atoms with E-state index in [1.807, 2.05) is 0 Å². The molecule has 1 aromatic rings. The normalized spacial score (nSPS) is 18.5. The molecule has 6 heteroatoms. The zero-order chi connectivity index (χ0) is 12.8. The first-order valence-electron chi connectivity index (χ1n) is 6.28. The van der Waals surface area contributed by atoms with Crippen LogP contribution in [0.15, 0.2) is 18.3 Å². The number of aromatic nitrogens is 1. The first kappa shape index (κ1) is 16.2. The predicted molar refractivity (Wildman–Crippen MR) is 77.0 cm³/mol. The smallest absolute Gasteiger partial charge is 0.356 e. The zero-order valence-corrected chi connectivity index (χ0v) is 12.2. The summed E-state index contributed by atoms with van der Waals surface area (Å²) in [7, 11) is 0. The number of carbonyl (C=O) groups is 1. The fraction of sp³-hybridized carbons (Fsp3) is 0.538. The average molecular weight is 305 g/mol. The summed E-state index contributed by atoms with van der Waals surface area (Å²) >= 11 is 5.79. The third kappa shape index (κ3) is 5.35. The first-order chi connectivity index (χ1) is 8.75. The summed E-state index contributed by atoms with van der Waals surface area (Å²) in [6.45, 7) is 1.49. The van der Waals surface area contributed by atoms with Gasteiger partial charge in [-0.1, -0.05) is 18.0 Å². The molecule has 0 spiro atoms. The van der Waals surface area contributed by atoms with Crippen molar-refractivity contribution >= 4 is 30.0 Å². The fourth-order valence-electron chi connectivity index (χ4n) is 2.05. The standard InChI is InChI=1S/C13H17ClN2O2.ClH/c14-10-4-7-16-12(9-10)13(17)18-8-5-11-3-1-2-6-15-11;/h4,7,9,11,15H,1-3,5-6,8H2;1H. The Hall–Kier alpha value is -0.840. The molecule has 1 unspecified atom stereocenters. The number of carbonyl (C=O) groups excluding carboxylic acids is 1. The number of piperidine rings is 1. The summed E-state index contributed by atoms with van der Waals surface area (Å²) in [5.41, 5.74) is 0.263. The van der Waals surface area contributed by atoms with Crippen LogP contribution < -0.4 is 5.32 Å². The van der Waals surface area contributed by atoms with Crippen molar-refractivity contribution in [2.24, 2.45) is 0 Å². The van der Waals surface area contributed by atoms with Crippen LogP contribution in [-0.2, 0) is 4.74 Å². The predicted octanol–water partition coefficient (Wildman–Crippen LogP) is 2.85. The lowest BCUT2D eigenvalue weighted by Gasteiger charge is -2.22. The van der Waals surface area contributed by atoms with Gasteiger partial charge < -0.3 is 10.1 Å². The Morgan fingerprint density at radius 2 is 2.37 bits per heavy atom. The molecule has 0 radical (unpaired) electrons. The van der Waals surface area contributed by atoms with Gasteiger partial charge in [-0.25, -0.2) is 9.78 Å². The molecule has 0 aromatic carbocycles. The first-order valence-corrected chi connectivity index (χ1v) is 6.65. The molecule has 0 saturated carbocycles. The summed E-state index contributed by atoms with van der Waals surface area (Å²) in [5, 5.41) is 3.91. The molecule has 1 aliphatic heterocycles. The number of ether oxygens (including phenoxy) is 1. The van der Waals surface area contributed by atoms with Gasteiger partial charge in [-0.3, -0.25) is 0 Å². The van der Waals surface area contributed by atoms with Gasteiger partial charge in [-0.15, -0.1) is 12.4 Å². The van der Waals surface area contributed by atoms with Gasteiger partial charge in [-0.2, -0.15) is 0 Å². The minimum absolute atomic E-state index is 0. The van der Waals surface area contributed by atoms with E-state index in [4.69, 9.17) is 16.3 Å². The highest BCUT2D eigenvalue weighted by Gasteiger charge is 2.14. The molecule has 1 fully saturated rings. The van der Waals surface area contributed by atoms with Crippen molar-refractivity contribution in [2.45, 2.75) is 31.7 Å². The molecular formula is C13H18Cl2N2O2. The maximum atomic E-state index is 11.7. The van der Waals surface area contributed by atoms with E-state index < -0.39 is 5.97 Å². The van der Waals surface area contributed by atoms with E-state index >= 15 is 0 Å². The second-order valence-electron chi connectivity index (χ2n) is 4.43. The number of nitrogens with one attached hydrogen (secondary N) is 1. The van der Waals surface area contributed by atoms with Crippen molar-refractivity contribution in [3.63, 3.8) is 0 Å². The van der Waals surface area contributed by atoms with Crippen LogP contribution in [0.1, 0.15) is 36.2 Å². The number of esters is 1. The zero-order valence-electron chi connectivity index (χ0n) is 10.6. The Morgan fingerprint density at radius 3 is 3.05 bits per heavy atom. The molecule has 0 bridgehead atoms. The second-order valence-corrected chi connectivity index (χ2v) is 4.87. The molecule has 1 saturated heterocycles. The Morgan fingerprint density at radius 1 is 1.53 bits per heavy atom. The van der Waals surface area contributed by atoms with Crippen molar-refractivity contribution in [3.05, 3.63) is 29.0 Å². The lowest BCUT2D eigenvalue weighted by Crippen LogP contribution is -2.35. The van der Waals surface area contributed by atoms with E-state index in [-0.39, 0.29) is 18.1 Å². The highest BCUT2D eigenvalue weighted by Crippen LogP contribution is 2.11. The van der Waals surface area contributed by atoms with Crippen LogP contribution in [0.3, 0.4) is 0 Å². The van der Waals surface area contributed by atoms with Crippen LogP contribution in [0.5, 0.6) is 0 Å². The van der Waals surface area contributed by atoms with Crippen molar-refractivity contribution in [1.29, 1.82) is 0 Å². The van der Waals surface area contributed by atoms with Crippen LogP contribution in [0.2, 0.25) is 5.02 Å². The SMILES string of the molecule is Cl.O=C(OCCC1CCCCN1)c1cc(Cl)ccn1. The van der Waals surface area contributed by atoms with E-state index in [2.05, 4.69) is 10.3 Å². The monoisotopic (exact) mass is 304 g/mol. The van der Waals surface area contributed by atoms with E-state index in [9.17, 15) is 4.79 Å². The topological polar surface area (TPSA) is 51.2 Å². The Labute approximate surface area is 124 Å². The molecule has 2 heterocycles. The Bertz CT molecular complexity index is 409.